The van der Waals surface area contributed by atoms with E-state index in [1.54, 1.807) is 0 Å². The summed E-state index contributed by atoms with van der Waals surface area (Å²) in [6.45, 7) is 1.77. The molecule has 4 rings (SSSR count). The average molecular weight is 329 g/mol. The number of anilines is 1. The quantitative estimate of drug-likeness (QED) is 0.906. The van der Waals surface area contributed by atoms with Crippen molar-refractivity contribution in [2.75, 3.05) is 18.0 Å². The highest BCUT2D eigenvalue weighted by Crippen LogP contribution is 2.27. The van der Waals surface area contributed by atoms with Crippen LogP contribution in [-0.2, 0) is 4.79 Å². The van der Waals surface area contributed by atoms with Gasteiger partial charge >= 0.3 is 0 Å². The largest absolute Gasteiger partial charge is 0.355 e. The summed E-state index contributed by atoms with van der Waals surface area (Å²) in [5.41, 5.74) is 0.646. The molecule has 2 aromatic heterocycles. The van der Waals surface area contributed by atoms with Crippen LogP contribution in [0.15, 0.2) is 12.1 Å². The minimum absolute atomic E-state index is 0.230. The van der Waals surface area contributed by atoms with Gasteiger partial charge in [0.2, 0.25) is 5.91 Å². The Bertz CT molecular complexity index is 701. The molecule has 0 unspecified atom stereocenters. The fraction of sp³-hybridized carbons (Fsp3) is 0.688. The van der Waals surface area contributed by atoms with Crippen LogP contribution in [0.25, 0.3) is 5.65 Å². The maximum atomic E-state index is 12.2. The van der Waals surface area contributed by atoms with Crippen LogP contribution >= 0.6 is 0 Å². The molecular formula is C16H23N7O. The first-order chi connectivity index (χ1) is 11.8. The second kappa shape index (κ2) is 6.70. The number of carbonyl (C=O) groups excluding carboxylic acids is 1. The number of amides is 1. The van der Waals surface area contributed by atoms with E-state index in [4.69, 9.17) is 0 Å². The standard InChI is InChI=1S/C16H23N7O/c24-16(11-12-3-1-2-4-12)17-13-7-9-22(10-8-13)15-6-5-14-18-20-21-23(14)19-15/h5-6,12-13H,1-4,7-11H2,(H,17,24). The van der Waals surface area contributed by atoms with E-state index in [0.717, 1.165) is 31.7 Å². The molecule has 128 valence electrons. The number of hydrogen-bond acceptors (Lipinski definition) is 6. The number of tetrazole rings is 1. The van der Waals surface area contributed by atoms with Gasteiger partial charge in [0.1, 0.15) is 0 Å². The van der Waals surface area contributed by atoms with Crippen molar-refractivity contribution < 1.29 is 4.79 Å². The number of rotatable bonds is 4. The van der Waals surface area contributed by atoms with Crippen LogP contribution in [0, 0.1) is 5.92 Å². The van der Waals surface area contributed by atoms with E-state index in [-0.39, 0.29) is 11.9 Å². The number of nitrogens with zero attached hydrogens (tertiary/aromatic N) is 6. The van der Waals surface area contributed by atoms with Crippen LogP contribution in [0.5, 0.6) is 0 Å². The van der Waals surface area contributed by atoms with Gasteiger partial charge in [-0.1, -0.05) is 12.8 Å². The molecular weight excluding hydrogens is 306 g/mol. The van der Waals surface area contributed by atoms with Gasteiger partial charge in [-0.25, -0.2) is 0 Å². The normalized spacial score (nSPS) is 19.9. The van der Waals surface area contributed by atoms with Crippen molar-refractivity contribution >= 4 is 17.4 Å². The van der Waals surface area contributed by atoms with Gasteiger partial charge in [0.05, 0.1) is 0 Å². The summed E-state index contributed by atoms with van der Waals surface area (Å²) in [5.74, 6) is 1.72. The van der Waals surface area contributed by atoms with Crippen LogP contribution in [0.3, 0.4) is 0 Å². The van der Waals surface area contributed by atoms with E-state index in [2.05, 4.69) is 30.8 Å². The molecule has 1 aliphatic heterocycles. The van der Waals surface area contributed by atoms with Crippen molar-refractivity contribution in [3.05, 3.63) is 12.1 Å². The van der Waals surface area contributed by atoms with Gasteiger partial charge in [-0.05, 0) is 54.2 Å². The number of fused-ring (bicyclic) bond motifs is 1. The Balaban J connectivity index is 1.28. The number of carbonyl (C=O) groups is 1. The molecule has 0 spiro atoms. The molecule has 3 heterocycles. The SMILES string of the molecule is O=C(CC1CCCC1)NC1CCN(c2ccc3nnnn3n2)CC1. The van der Waals surface area contributed by atoms with Crippen molar-refractivity contribution in [1.29, 1.82) is 0 Å². The summed E-state index contributed by atoms with van der Waals surface area (Å²) >= 11 is 0. The van der Waals surface area contributed by atoms with E-state index < -0.39 is 0 Å². The van der Waals surface area contributed by atoms with E-state index in [1.165, 1.54) is 30.3 Å². The van der Waals surface area contributed by atoms with Gasteiger partial charge in [0.15, 0.2) is 11.5 Å². The minimum atomic E-state index is 0.230. The van der Waals surface area contributed by atoms with E-state index in [1.807, 2.05) is 12.1 Å². The van der Waals surface area contributed by atoms with Crippen LogP contribution in [-0.4, -0.2) is 50.3 Å². The molecule has 8 nitrogen and oxygen atoms in total. The second-order valence-electron chi connectivity index (χ2n) is 6.90. The van der Waals surface area contributed by atoms with Gasteiger partial charge in [-0.3, -0.25) is 4.79 Å². The lowest BCUT2D eigenvalue weighted by molar-refractivity contribution is -0.122. The molecule has 0 radical (unpaired) electrons. The number of nitrogens with one attached hydrogen (secondary N) is 1. The van der Waals surface area contributed by atoms with Crippen LogP contribution in [0.2, 0.25) is 0 Å². The van der Waals surface area contributed by atoms with E-state index in [9.17, 15) is 4.79 Å². The highest BCUT2D eigenvalue weighted by Gasteiger charge is 2.24. The van der Waals surface area contributed by atoms with Gasteiger partial charge < -0.3 is 10.2 Å². The van der Waals surface area contributed by atoms with Gasteiger partial charge in [-0.2, -0.15) is 0 Å². The Kier molecular flexibility index (Phi) is 4.27. The summed E-state index contributed by atoms with van der Waals surface area (Å²) in [4.78, 5) is 14.4. The van der Waals surface area contributed by atoms with Gasteiger partial charge in [-0.15, -0.1) is 14.8 Å². The molecule has 1 saturated carbocycles. The van der Waals surface area contributed by atoms with Crippen molar-refractivity contribution in [3.8, 4) is 0 Å². The Labute approximate surface area is 140 Å². The smallest absolute Gasteiger partial charge is 0.220 e. The first kappa shape index (κ1) is 15.3. The van der Waals surface area contributed by atoms with Crippen LogP contribution < -0.4 is 10.2 Å². The Morgan fingerprint density at radius 1 is 1.17 bits per heavy atom. The molecule has 24 heavy (non-hydrogen) atoms. The van der Waals surface area contributed by atoms with Crippen molar-refractivity contribution in [2.24, 2.45) is 5.92 Å². The molecule has 1 aliphatic carbocycles. The Morgan fingerprint density at radius 2 is 1.96 bits per heavy atom. The fourth-order valence-electron chi connectivity index (χ4n) is 3.83. The van der Waals surface area contributed by atoms with E-state index in [0.29, 0.717) is 18.0 Å². The Morgan fingerprint density at radius 3 is 2.75 bits per heavy atom. The predicted octanol–water partition coefficient (Wildman–Crippen LogP) is 1.18. The summed E-state index contributed by atoms with van der Waals surface area (Å²) in [7, 11) is 0. The topological polar surface area (TPSA) is 88.3 Å². The fourth-order valence-corrected chi connectivity index (χ4v) is 3.83. The minimum Gasteiger partial charge on any atom is -0.355 e. The second-order valence-corrected chi connectivity index (χ2v) is 6.90. The maximum absolute atomic E-state index is 12.2. The lowest BCUT2D eigenvalue weighted by atomic mass is 10.0. The summed E-state index contributed by atoms with van der Waals surface area (Å²) in [5, 5.41) is 19.0. The predicted molar refractivity (Wildman–Crippen MR) is 88.5 cm³/mol. The molecule has 8 heteroatoms. The molecule has 0 atom stereocenters. The summed E-state index contributed by atoms with van der Waals surface area (Å²) < 4.78 is 1.45. The molecule has 1 N–H and O–H groups in total. The molecule has 2 fully saturated rings. The zero-order valence-corrected chi connectivity index (χ0v) is 13.8. The summed E-state index contributed by atoms with van der Waals surface area (Å²) in [6.07, 6.45) is 7.62. The first-order valence-corrected chi connectivity index (χ1v) is 8.88. The molecule has 0 aromatic carbocycles. The van der Waals surface area contributed by atoms with Crippen LogP contribution in [0.4, 0.5) is 5.82 Å². The first-order valence-electron chi connectivity index (χ1n) is 8.88. The van der Waals surface area contributed by atoms with E-state index >= 15 is 0 Å². The van der Waals surface area contributed by atoms with Crippen molar-refractivity contribution in [2.45, 2.75) is 51.0 Å². The third-order valence-electron chi connectivity index (χ3n) is 5.19. The molecule has 2 aliphatic rings. The highest BCUT2D eigenvalue weighted by molar-refractivity contribution is 5.76. The van der Waals surface area contributed by atoms with Crippen molar-refractivity contribution in [3.63, 3.8) is 0 Å². The lowest BCUT2D eigenvalue weighted by Crippen LogP contribution is -2.45. The monoisotopic (exact) mass is 329 g/mol. The van der Waals surface area contributed by atoms with Gasteiger partial charge in [0.25, 0.3) is 0 Å². The number of aromatic nitrogens is 5. The average Bonchev–Trinajstić information content (AvgIpc) is 3.26. The lowest BCUT2D eigenvalue weighted by Gasteiger charge is -2.33. The maximum Gasteiger partial charge on any atom is 0.220 e. The van der Waals surface area contributed by atoms with Crippen molar-refractivity contribution in [1.82, 2.24) is 30.6 Å². The Hall–Kier alpha value is -2.25. The molecule has 1 amide bonds. The third kappa shape index (κ3) is 3.32. The molecule has 1 saturated heterocycles. The number of piperidine rings is 1. The van der Waals surface area contributed by atoms with Crippen LogP contribution in [0.1, 0.15) is 44.9 Å². The van der Waals surface area contributed by atoms with Gasteiger partial charge in [0, 0.05) is 25.6 Å². The molecule has 2 aromatic rings. The summed E-state index contributed by atoms with van der Waals surface area (Å²) in [6, 6.07) is 4.11. The zero-order chi connectivity index (χ0) is 16.4. The number of hydrogen-bond donors (Lipinski definition) is 1. The molecule has 0 bridgehead atoms. The third-order valence-corrected chi connectivity index (χ3v) is 5.19. The zero-order valence-electron chi connectivity index (χ0n) is 13.8. The highest BCUT2D eigenvalue weighted by atomic mass is 16.1.